The monoisotopic (exact) mass is 428 g/mol. The third-order valence-corrected chi connectivity index (χ3v) is 4.72. The van der Waals surface area contributed by atoms with Crippen LogP contribution in [0.25, 0.3) is 0 Å². The number of aliphatic hydroxyl groups is 1. The summed E-state index contributed by atoms with van der Waals surface area (Å²) in [5.74, 6) is -0.563. The SMILES string of the molecule is CCOC(=O)c1ccc(NC(=O)C[n+]2csc(C(C)O)c2C)cc1.[Br-]. The van der Waals surface area contributed by atoms with Gasteiger partial charge in [0.15, 0.2) is 5.69 Å². The van der Waals surface area contributed by atoms with Crippen molar-refractivity contribution in [3.05, 3.63) is 45.9 Å². The van der Waals surface area contributed by atoms with Gasteiger partial charge in [0.1, 0.15) is 4.88 Å². The van der Waals surface area contributed by atoms with Crippen molar-refractivity contribution in [3.8, 4) is 0 Å². The van der Waals surface area contributed by atoms with Gasteiger partial charge in [-0.1, -0.05) is 11.3 Å². The van der Waals surface area contributed by atoms with E-state index in [2.05, 4.69) is 5.32 Å². The number of ether oxygens (including phenoxy) is 1. The number of carbonyl (C=O) groups excluding carboxylic acids is 2. The van der Waals surface area contributed by atoms with Crippen molar-refractivity contribution in [3.63, 3.8) is 0 Å². The Morgan fingerprint density at radius 2 is 1.96 bits per heavy atom. The Kier molecular flexibility index (Phi) is 8.21. The summed E-state index contributed by atoms with van der Waals surface area (Å²) in [6.45, 7) is 5.81. The third kappa shape index (κ3) is 5.62. The molecule has 1 aromatic heterocycles. The molecule has 0 spiro atoms. The van der Waals surface area contributed by atoms with Crippen molar-refractivity contribution in [1.29, 1.82) is 0 Å². The number of nitrogens with one attached hydrogen (secondary N) is 1. The number of benzene rings is 1. The van der Waals surface area contributed by atoms with E-state index in [9.17, 15) is 14.7 Å². The van der Waals surface area contributed by atoms with Gasteiger partial charge in [-0.15, -0.1) is 0 Å². The number of esters is 1. The summed E-state index contributed by atoms with van der Waals surface area (Å²) in [4.78, 5) is 24.6. The van der Waals surface area contributed by atoms with E-state index in [1.54, 1.807) is 42.7 Å². The zero-order valence-electron chi connectivity index (χ0n) is 14.3. The molecule has 1 aromatic carbocycles. The van der Waals surface area contributed by atoms with Crippen LogP contribution >= 0.6 is 11.3 Å². The van der Waals surface area contributed by atoms with Crippen LogP contribution in [-0.2, 0) is 16.1 Å². The van der Waals surface area contributed by atoms with Crippen molar-refractivity contribution < 1.29 is 41.0 Å². The Hall–Kier alpha value is -1.77. The molecule has 0 aliphatic carbocycles. The highest BCUT2D eigenvalue weighted by Crippen LogP contribution is 2.19. The van der Waals surface area contributed by atoms with E-state index >= 15 is 0 Å². The lowest BCUT2D eigenvalue weighted by Crippen LogP contribution is -3.00. The molecular weight excluding hydrogens is 408 g/mol. The second kappa shape index (κ2) is 9.65. The van der Waals surface area contributed by atoms with Crippen molar-refractivity contribution in [2.75, 3.05) is 11.9 Å². The van der Waals surface area contributed by atoms with Crippen LogP contribution < -0.4 is 26.9 Å². The smallest absolute Gasteiger partial charge is 0.338 e. The van der Waals surface area contributed by atoms with Gasteiger partial charge in [0.2, 0.25) is 12.1 Å². The Morgan fingerprint density at radius 3 is 2.48 bits per heavy atom. The van der Waals surface area contributed by atoms with Gasteiger partial charge in [-0.3, -0.25) is 4.79 Å². The lowest BCUT2D eigenvalue weighted by Gasteiger charge is -2.05. The number of amides is 1. The highest BCUT2D eigenvalue weighted by molar-refractivity contribution is 7.09. The fourth-order valence-electron chi connectivity index (χ4n) is 2.24. The Labute approximate surface area is 161 Å². The first-order chi connectivity index (χ1) is 11.4. The zero-order valence-corrected chi connectivity index (χ0v) is 16.7. The summed E-state index contributed by atoms with van der Waals surface area (Å²) in [5, 5.41) is 12.4. The first-order valence-electron chi connectivity index (χ1n) is 7.65. The van der Waals surface area contributed by atoms with E-state index in [1.807, 2.05) is 12.4 Å². The molecule has 1 unspecified atom stereocenters. The zero-order chi connectivity index (χ0) is 17.7. The molecule has 25 heavy (non-hydrogen) atoms. The number of nitrogens with zero attached hydrogens (tertiary/aromatic N) is 1. The molecule has 0 fully saturated rings. The number of rotatable bonds is 6. The molecule has 0 aliphatic rings. The second-order valence-corrected chi connectivity index (χ2v) is 6.21. The molecule has 2 N–H and O–H groups in total. The van der Waals surface area contributed by atoms with Gasteiger partial charge in [-0.05, 0) is 38.1 Å². The Morgan fingerprint density at radius 1 is 1.32 bits per heavy atom. The van der Waals surface area contributed by atoms with Crippen molar-refractivity contribution >= 4 is 28.9 Å². The number of halogens is 1. The molecule has 1 heterocycles. The number of hydrogen-bond acceptors (Lipinski definition) is 5. The van der Waals surface area contributed by atoms with Crippen LogP contribution in [0.5, 0.6) is 0 Å². The molecule has 8 heteroatoms. The van der Waals surface area contributed by atoms with Gasteiger partial charge in [0, 0.05) is 12.6 Å². The summed E-state index contributed by atoms with van der Waals surface area (Å²) < 4.78 is 6.71. The van der Waals surface area contributed by atoms with Gasteiger partial charge in [-0.25, -0.2) is 4.79 Å². The van der Waals surface area contributed by atoms with Crippen molar-refractivity contribution in [2.45, 2.75) is 33.4 Å². The van der Waals surface area contributed by atoms with Crippen LogP contribution in [0.4, 0.5) is 5.69 Å². The van der Waals surface area contributed by atoms with Crippen LogP contribution in [0.3, 0.4) is 0 Å². The fourth-order valence-corrected chi connectivity index (χ4v) is 3.20. The average Bonchev–Trinajstić information content (AvgIpc) is 2.89. The molecule has 6 nitrogen and oxygen atoms in total. The molecule has 0 saturated heterocycles. The van der Waals surface area contributed by atoms with Gasteiger partial charge >= 0.3 is 5.97 Å². The molecule has 1 amide bonds. The van der Waals surface area contributed by atoms with Crippen LogP contribution in [0.1, 0.15) is 40.9 Å². The maximum absolute atomic E-state index is 12.2. The van der Waals surface area contributed by atoms with Gasteiger partial charge in [-0.2, -0.15) is 4.57 Å². The summed E-state index contributed by atoms with van der Waals surface area (Å²) >= 11 is 1.42. The standard InChI is InChI=1S/C17H20N2O4S.BrH/c1-4-23-17(22)13-5-7-14(8-6-13)18-15(21)9-19-10-24-16(11(19)2)12(3)20;/h5-8,10,12,20H,4,9H2,1-3H3;1H. The lowest BCUT2D eigenvalue weighted by molar-refractivity contribution is -0.685. The number of aliphatic hydroxyl groups excluding tert-OH is 1. The lowest BCUT2D eigenvalue weighted by atomic mass is 10.2. The predicted octanol–water partition coefficient (Wildman–Crippen LogP) is -0.783. The minimum Gasteiger partial charge on any atom is -1.00 e. The maximum Gasteiger partial charge on any atom is 0.338 e. The van der Waals surface area contributed by atoms with Crippen LogP contribution in [0.2, 0.25) is 0 Å². The van der Waals surface area contributed by atoms with Crippen molar-refractivity contribution in [1.82, 2.24) is 0 Å². The van der Waals surface area contributed by atoms with E-state index in [0.29, 0.717) is 17.9 Å². The van der Waals surface area contributed by atoms with E-state index in [4.69, 9.17) is 4.74 Å². The van der Waals surface area contributed by atoms with E-state index < -0.39 is 6.10 Å². The molecule has 136 valence electrons. The van der Waals surface area contributed by atoms with Crippen LogP contribution in [0, 0.1) is 6.92 Å². The highest BCUT2D eigenvalue weighted by Gasteiger charge is 2.21. The number of anilines is 1. The van der Waals surface area contributed by atoms with E-state index in [-0.39, 0.29) is 35.4 Å². The molecule has 2 rings (SSSR count). The van der Waals surface area contributed by atoms with Gasteiger partial charge in [0.05, 0.1) is 18.3 Å². The summed E-state index contributed by atoms with van der Waals surface area (Å²) in [6, 6.07) is 6.55. The molecule has 0 radical (unpaired) electrons. The summed E-state index contributed by atoms with van der Waals surface area (Å²) in [7, 11) is 0. The van der Waals surface area contributed by atoms with Crippen molar-refractivity contribution in [2.24, 2.45) is 0 Å². The molecular formula is C17H21BrN2O4S. The molecule has 0 aliphatic heterocycles. The number of thiazole rings is 1. The molecule has 2 aromatic rings. The Balaban J connectivity index is 0.00000312. The first-order valence-corrected chi connectivity index (χ1v) is 8.52. The molecule has 0 bridgehead atoms. The number of hydrogen-bond donors (Lipinski definition) is 2. The number of aromatic nitrogens is 1. The normalized spacial score (nSPS) is 11.4. The molecule has 0 saturated carbocycles. The average molecular weight is 429 g/mol. The predicted molar refractivity (Wildman–Crippen MR) is 90.9 cm³/mol. The first kappa shape index (κ1) is 21.3. The quantitative estimate of drug-likeness (QED) is 0.467. The molecule has 1 atom stereocenters. The van der Waals surface area contributed by atoms with E-state index in [1.165, 1.54) is 11.3 Å². The topological polar surface area (TPSA) is 79.5 Å². The van der Waals surface area contributed by atoms with Gasteiger partial charge in [0.25, 0.3) is 5.91 Å². The van der Waals surface area contributed by atoms with Gasteiger partial charge < -0.3 is 32.1 Å². The largest absolute Gasteiger partial charge is 1.00 e. The summed E-state index contributed by atoms with van der Waals surface area (Å²) in [5.41, 5.74) is 3.75. The van der Waals surface area contributed by atoms with Crippen LogP contribution in [-0.4, -0.2) is 23.6 Å². The van der Waals surface area contributed by atoms with E-state index in [0.717, 1.165) is 10.6 Å². The second-order valence-electron chi connectivity index (χ2n) is 5.32. The minimum atomic E-state index is -0.547. The van der Waals surface area contributed by atoms with Crippen LogP contribution in [0.15, 0.2) is 29.8 Å². The minimum absolute atomic E-state index is 0. The maximum atomic E-state index is 12.2. The number of carbonyl (C=O) groups is 2. The fraction of sp³-hybridized carbons (Fsp3) is 0.353. The third-order valence-electron chi connectivity index (χ3n) is 3.47. The summed E-state index contributed by atoms with van der Waals surface area (Å²) in [6.07, 6.45) is -0.547. The highest BCUT2D eigenvalue weighted by atomic mass is 79.9. The Bertz CT molecular complexity index is 729.